The normalized spacial score (nSPS) is 15.3. The third kappa shape index (κ3) is 3.61. The maximum atomic E-state index is 12.7. The highest BCUT2D eigenvalue weighted by atomic mass is 16.7. The molecule has 2 aliphatic heterocycles. The first kappa shape index (κ1) is 19.9. The van der Waals surface area contributed by atoms with Crippen LogP contribution in [0.4, 0.5) is 0 Å². The number of amides is 3. The first-order valence-corrected chi connectivity index (χ1v) is 9.69. The summed E-state index contributed by atoms with van der Waals surface area (Å²) in [6.07, 6.45) is 0.558. The second kappa shape index (κ2) is 8.16. The number of carbonyl (C=O) groups is 3. The van der Waals surface area contributed by atoms with Gasteiger partial charge in [0.25, 0.3) is 17.7 Å². The van der Waals surface area contributed by atoms with E-state index in [-0.39, 0.29) is 42.7 Å². The van der Waals surface area contributed by atoms with Gasteiger partial charge in [-0.15, -0.1) is 0 Å². The number of benzene rings is 2. The van der Waals surface area contributed by atoms with Crippen LogP contribution in [0.3, 0.4) is 0 Å². The minimum Gasteiger partial charge on any atom is -0.454 e. The van der Waals surface area contributed by atoms with Crippen molar-refractivity contribution < 1.29 is 28.6 Å². The smallest absolute Gasteiger partial charge is 0.261 e. The van der Waals surface area contributed by atoms with Gasteiger partial charge in [-0.1, -0.05) is 6.07 Å². The Morgan fingerprint density at radius 2 is 1.87 bits per heavy atom. The minimum absolute atomic E-state index is 0.184. The van der Waals surface area contributed by atoms with E-state index in [1.807, 2.05) is 19.1 Å². The van der Waals surface area contributed by atoms with Crippen molar-refractivity contribution in [2.75, 3.05) is 27.1 Å². The van der Waals surface area contributed by atoms with Crippen LogP contribution in [0.2, 0.25) is 0 Å². The third-order valence-corrected chi connectivity index (χ3v) is 5.21. The van der Waals surface area contributed by atoms with Crippen molar-refractivity contribution >= 4 is 17.7 Å². The van der Waals surface area contributed by atoms with Gasteiger partial charge >= 0.3 is 0 Å². The average Bonchev–Trinajstić information content (AvgIpc) is 3.31. The maximum Gasteiger partial charge on any atom is 0.261 e. The average molecular weight is 410 g/mol. The summed E-state index contributed by atoms with van der Waals surface area (Å²) in [6, 6.07) is 9.78. The van der Waals surface area contributed by atoms with Crippen molar-refractivity contribution in [3.63, 3.8) is 0 Å². The van der Waals surface area contributed by atoms with Crippen LogP contribution in [-0.4, -0.2) is 49.7 Å². The Kier molecular flexibility index (Phi) is 5.41. The molecule has 0 unspecified atom stereocenters. The van der Waals surface area contributed by atoms with Crippen molar-refractivity contribution in [3.8, 4) is 11.5 Å². The van der Waals surface area contributed by atoms with Gasteiger partial charge in [0.15, 0.2) is 11.5 Å². The Morgan fingerprint density at radius 1 is 1.10 bits per heavy atom. The highest BCUT2D eigenvalue weighted by Crippen LogP contribution is 2.34. The largest absolute Gasteiger partial charge is 0.454 e. The predicted octanol–water partition coefficient (Wildman–Crippen LogP) is 2.54. The molecule has 1 N–H and O–H groups in total. The molecule has 0 radical (unpaired) electrons. The van der Waals surface area contributed by atoms with E-state index in [4.69, 9.17) is 14.2 Å². The number of hydrogen-bond acceptors (Lipinski definition) is 6. The number of nitrogens with one attached hydrogen (secondary N) is 1. The minimum atomic E-state index is -0.385. The second-order valence-electron chi connectivity index (χ2n) is 7.18. The van der Waals surface area contributed by atoms with E-state index in [1.165, 1.54) is 17.0 Å². The first-order chi connectivity index (χ1) is 14.5. The Bertz CT molecular complexity index is 1020. The summed E-state index contributed by atoms with van der Waals surface area (Å²) < 4.78 is 15.7. The number of hydrogen-bond donors (Lipinski definition) is 1. The van der Waals surface area contributed by atoms with Crippen LogP contribution in [0, 0.1) is 0 Å². The second-order valence-corrected chi connectivity index (χ2v) is 7.18. The number of methoxy groups -OCH3 is 1. The lowest BCUT2D eigenvalue weighted by Crippen LogP contribution is -2.31. The van der Waals surface area contributed by atoms with Crippen LogP contribution in [0.1, 0.15) is 56.0 Å². The fraction of sp³-hybridized carbons (Fsp3) is 0.318. The van der Waals surface area contributed by atoms with Gasteiger partial charge in [0.2, 0.25) is 6.79 Å². The monoisotopic (exact) mass is 410 g/mol. The van der Waals surface area contributed by atoms with Crippen LogP contribution in [0.25, 0.3) is 0 Å². The van der Waals surface area contributed by atoms with Crippen LogP contribution in [-0.2, 0) is 4.74 Å². The molecule has 2 aromatic rings. The third-order valence-electron chi connectivity index (χ3n) is 5.21. The quantitative estimate of drug-likeness (QED) is 0.557. The molecular formula is C22H22N2O6. The van der Waals surface area contributed by atoms with Gasteiger partial charge in [0.1, 0.15) is 0 Å². The maximum absolute atomic E-state index is 12.7. The van der Waals surface area contributed by atoms with E-state index in [9.17, 15) is 14.4 Å². The number of ether oxygens (including phenoxy) is 3. The van der Waals surface area contributed by atoms with Crippen molar-refractivity contribution in [2.45, 2.75) is 19.4 Å². The van der Waals surface area contributed by atoms with E-state index in [1.54, 1.807) is 19.2 Å². The molecule has 0 saturated heterocycles. The number of fused-ring (bicyclic) bond motifs is 2. The molecule has 0 aromatic heterocycles. The van der Waals surface area contributed by atoms with Gasteiger partial charge in [-0.25, -0.2) is 0 Å². The molecule has 2 aliphatic rings. The van der Waals surface area contributed by atoms with Crippen LogP contribution < -0.4 is 14.8 Å². The van der Waals surface area contributed by atoms with Gasteiger partial charge in [-0.2, -0.15) is 0 Å². The molecule has 0 aliphatic carbocycles. The Morgan fingerprint density at radius 3 is 2.67 bits per heavy atom. The van der Waals surface area contributed by atoms with Gasteiger partial charge in [-0.05, 0) is 49.2 Å². The van der Waals surface area contributed by atoms with E-state index < -0.39 is 0 Å². The number of carbonyl (C=O) groups excluding carboxylic acids is 3. The van der Waals surface area contributed by atoms with Gasteiger partial charge in [0.05, 0.1) is 17.2 Å². The zero-order chi connectivity index (χ0) is 21.3. The summed E-state index contributed by atoms with van der Waals surface area (Å²) in [4.78, 5) is 39.1. The van der Waals surface area contributed by atoms with E-state index in [0.29, 0.717) is 35.7 Å². The van der Waals surface area contributed by atoms with Gasteiger partial charge in [0, 0.05) is 25.8 Å². The molecule has 156 valence electrons. The van der Waals surface area contributed by atoms with Crippen LogP contribution in [0.15, 0.2) is 36.4 Å². The molecule has 4 rings (SSSR count). The molecule has 8 heteroatoms. The highest BCUT2D eigenvalue weighted by Gasteiger charge is 2.35. The van der Waals surface area contributed by atoms with Crippen LogP contribution >= 0.6 is 0 Å². The lowest BCUT2D eigenvalue weighted by atomic mass is 10.0. The van der Waals surface area contributed by atoms with Crippen molar-refractivity contribution in [3.05, 3.63) is 58.7 Å². The first-order valence-electron chi connectivity index (χ1n) is 9.69. The molecule has 0 bridgehead atoms. The van der Waals surface area contributed by atoms with Crippen molar-refractivity contribution in [1.29, 1.82) is 0 Å². The van der Waals surface area contributed by atoms with Gasteiger partial charge in [-0.3, -0.25) is 19.3 Å². The van der Waals surface area contributed by atoms with E-state index in [0.717, 1.165) is 5.56 Å². The molecule has 1 atom stereocenters. The molecule has 2 aromatic carbocycles. The molecule has 0 fully saturated rings. The Labute approximate surface area is 173 Å². The van der Waals surface area contributed by atoms with Crippen molar-refractivity contribution in [1.82, 2.24) is 10.2 Å². The molecular weight excluding hydrogens is 388 g/mol. The zero-order valence-corrected chi connectivity index (χ0v) is 16.8. The number of imide groups is 1. The molecule has 0 saturated carbocycles. The Balaban J connectivity index is 1.47. The fourth-order valence-electron chi connectivity index (χ4n) is 3.55. The summed E-state index contributed by atoms with van der Waals surface area (Å²) in [5.74, 6) is 0.260. The lowest BCUT2D eigenvalue weighted by Gasteiger charge is -2.15. The lowest BCUT2D eigenvalue weighted by molar-refractivity contribution is 0.0638. The van der Waals surface area contributed by atoms with Gasteiger partial charge < -0.3 is 19.5 Å². The topological polar surface area (TPSA) is 94.2 Å². The zero-order valence-electron chi connectivity index (χ0n) is 16.8. The number of nitrogens with zero attached hydrogens (tertiary/aromatic N) is 1. The summed E-state index contributed by atoms with van der Waals surface area (Å²) in [5.41, 5.74) is 1.75. The summed E-state index contributed by atoms with van der Waals surface area (Å²) in [7, 11) is 1.57. The molecule has 3 amide bonds. The molecule has 0 spiro atoms. The van der Waals surface area contributed by atoms with E-state index >= 15 is 0 Å². The SMILES string of the molecule is COCCCN1C(=O)c2ccc(C(=O)N[C@H](C)c3ccc4c(c3)OCO4)cc2C1=O. The summed E-state index contributed by atoms with van der Waals surface area (Å²) in [6.45, 7) is 2.78. The Hall–Kier alpha value is -3.39. The van der Waals surface area contributed by atoms with E-state index in [2.05, 4.69) is 5.32 Å². The summed E-state index contributed by atoms with van der Waals surface area (Å²) >= 11 is 0. The molecule has 2 heterocycles. The van der Waals surface area contributed by atoms with Crippen LogP contribution in [0.5, 0.6) is 11.5 Å². The standard InChI is InChI=1S/C22H22N2O6/c1-13(14-5-7-18-19(11-14)30-12-29-18)23-20(25)15-4-6-16-17(10-15)22(27)24(21(16)26)8-3-9-28-2/h4-7,10-11,13H,3,8-9,12H2,1-2H3,(H,23,25)/t13-/m1/s1. The fourth-order valence-corrected chi connectivity index (χ4v) is 3.55. The molecule has 8 nitrogen and oxygen atoms in total. The predicted molar refractivity (Wildman–Crippen MR) is 107 cm³/mol. The number of rotatable bonds is 7. The van der Waals surface area contributed by atoms with Crippen molar-refractivity contribution in [2.24, 2.45) is 0 Å². The molecule has 30 heavy (non-hydrogen) atoms. The highest BCUT2D eigenvalue weighted by molar-refractivity contribution is 6.22. The summed E-state index contributed by atoms with van der Waals surface area (Å²) in [5, 5.41) is 2.91.